The first-order chi connectivity index (χ1) is 15.0. The monoisotopic (exact) mass is 444 g/mol. The summed E-state index contributed by atoms with van der Waals surface area (Å²) in [7, 11) is 3.14. The molecule has 0 atom stereocenters. The van der Waals surface area contributed by atoms with Crippen LogP contribution in [0.2, 0.25) is 0 Å². The zero-order chi connectivity index (χ0) is 22.2. The number of rotatable bonds is 9. The predicted octanol–water partition coefficient (Wildman–Crippen LogP) is 3.16. The van der Waals surface area contributed by atoms with E-state index in [-0.39, 0.29) is 6.61 Å². The van der Waals surface area contributed by atoms with Gasteiger partial charge in [-0.05, 0) is 42.0 Å². The molecule has 0 radical (unpaired) electrons. The minimum atomic E-state index is -0.755. The van der Waals surface area contributed by atoms with E-state index in [9.17, 15) is 15.4 Å². The van der Waals surface area contributed by atoms with Crippen LogP contribution >= 0.6 is 11.3 Å². The maximum atomic E-state index is 10.3. The Balaban J connectivity index is 1.64. The van der Waals surface area contributed by atoms with Crippen molar-refractivity contribution in [1.29, 1.82) is 5.26 Å². The Kier molecular flexibility index (Phi) is 7.70. The molecule has 0 amide bonds. The molecule has 3 rings (SSSR count). The lowest BCUT2D eigenvalue weighted by atomic mass is 10.1. The van der Waals surface area contributed by atoms with Crippen molar-refractivity contribution in [2.24, 2.45) is 0 Å². The van der Waals surface area contributed by atoms with E-state index in [0.717, 1.165) is 41.6 Å². The van der Waals surface area contributed by atoms with Crippen LogP contribution < -0.4 is 14.4 Å². The summed E-state index contributed by atoms with van der Waals surface area (Å²) < 4.78 is 10.6. The number of allylic oxidation sites excluding steroid dienone is 1. The fourth-order valence-electron chi connectivity index (χ4n) is 3.35. The number of methoxy groups -OCH3 is 2. The van der Waals surface area contributed by atoms with Crippen molar-refractivity contribution >= 4 is 28.0 Å². The molecule has 1 aromatic heterocycles. The number of hydrogen-bond donors (Lipinski definition) is 0. The average Bonchev–Trinajstić information content (AvgIpc) is 3.26. The second-order valence-corrected chi connectivity index (χ2v) is 7.89. The van der Waals surface area contributed by atoms with Gasteiger partial charge in [0, 0.05) is 37.6 Å². The Bertz CT molecular complexity index is 976. The lowest BCUT2D eigenvalue weighted by Crippen LogP contribution is -2.47. The third kappa shape index (κ3) is 5.87. The standard InChI is InChI=1S/C21H24N4O5S/c1-28-19-5-3-16(14-20(19)29-2)17(15-22)13-18-4-6-21(31-18)24-9-7-23(8-10-24)11-12-30-25(26)27/h3-6,13-14H,7-12H2,1-2H3/b17-13+. The lowest BCUT2D eigenvalue weighted by Gasteiger charge is -2.35. The van der Waals surface area contributed by atoms with Gasteiger partial charge < -0.3 is 19.2 Å². The molecule has 0 spiro atoms. The molecule has 0 unspecified atom stereocenters. The van der Waals surface area contributed by atoms with Gasteiger partial charge in [-0.25, -0.2) is 0 Å². The van der Waals surface area contributed by atoms with E-state index in [2.05, 4.69) is 26.8 Å². The number of ether oxygens (including phenoxy) is 2. The molecule has 2 heterocycles. The topological polar surface area (TPSA) is 101 Å². The maximum Gasteiger partial charge on any atom is 0.294 e. The van der Waals surface area contributed by atoms with E-state index in [0.29, 0.717) is 23.6 Å². The molecule has 0 bridgehead atoms. The minimum absolute atomic E-state index is 0.0913. The molecule has 0 N–H and O–H groups in total. The highest BCUT2D eigenvalue weighted by molar-refractivity contribution is 7.17. The smallest absolute Gasteiger partial charge is 0.294 e. The quantitative estimate of drug-likeness (QED) is 0.330. The first kappa shape index (κ1) is 22.4. The first-order valence-corrected chi connectivity index (χ1v) is 10.5. The van der Waals surface area contributed by atoms with E-state index in [1.807, 2.05) is 18.2 Å². The lowest BCUT2D eigenvalue weighted by molar-refractivity contribution is -0.757. The van der Waals surface area contributed by atoms with E-state index in [1.54, 1.807) is 37.7 Å². The Morgan fingerprint density at radius 3 is 2.58 bits per heavy atom. The summed E-state index contributed by atoms with van der Waals surface area (Å²) in [5, 5.41) is 20.3. The first-order valence-electron chi connectivity index (χ1n) is 9.72. The molecule has 1 saturated heterocycles. The molecule has 1 aliphatic rings. The summed E-state index contributed by atoms with van der Waals surface area (Å²) in [6.45, 7) is 3.95. The van der Waals surface area contributed by atoms with Crippen LogP contribution in [0.15, 0.2) is 30.3 Å². The molecule has 0 aliphatic carbocycles. The average molecular weight is 445 g/mol. The highest BCUT2D eigenvalue weighted by Gasteiger charge is 2.18. The van der Waals surface area contributed by atoms with Crippen LogP contribution in [0.3, 0.4) is 0 Å². The number of hydrogen-bond acceptors (Lipinski definition) is 9. The molecule has 31 heavy (non-hydrogen) atoms. The number of benzene rings is 1. The third-order valence-electron chi connectivity index (χ3n) is 5.00. The molecule has 10 heteroatoms. The summed E-state index contributed by atoms with van der Waals surface area (Å²) >= 11 is 1.63. The normalized spacial score (nSPS) is 14.7. The van der Waals surface area contributed by atoms with Crippen LogP contribution in [0.4, 0.5) is 5.00 Å². The van der Waals surface area contributed by atoms with Crippen molar-refractivity contribution in [2.75, 3.05) is 58.5 Å². The van der Waals surface area contributed by atoms with Crippen LogP contribution in [0.1, 0.15) is 10.4 Å². The fourth-order valence-corrected chi connectivity index (χ4v) is 4.35. The zero-order valence-corrected chi connectivity index (χ0v) is 18.3. The van der Waals surface area contributed by atoms with Gasteiger partial charge in [-0.3, -0.25) is 4.90 Å². The van der Waals surface area contributed by atoms with Crippen LogP contribution in [0, 0.1) is 21.4 Å². The summed E-state index contributed by atoms with van der Waals surface area (Å²) in [4.78, 5) is 20.1. The molecular formula is C21H24N4O5S. The summed E-state index contributed by atoms with van der Waals surface area (Å²) in [5.74, 6) is 1.19. The van der Waals surface area contributed by atoms with Gasteiger partial charge in [-0.1, -0.05) is 0 Å². The Hall–Kier alpha value is -3.29. The second kappa shape index (κ2) is 10.7. The number of anilines is 1. The van der Waals surface area contributed by atoms with E-state index in [4.69, 9.17) is 9.47 Å². The molecule has 1 fully saturated rings. The Morgan fingerprint density at radius 1 is 1.19 bits per heavy atom. The van der Waals surface area contributed by atoms with Gasteiger partial charge in [0.15, 0.2) is 11.5 Å². The molecule has 0 saturated carbocycles. The van der Waals surface area contributed by atoms with Crippen LogP contribution in [-0.4, -0.2) is 63.5 Å². The Morgan fingerprint density at radius 2 is 1.94 bits per heavy atom. The third-order valence-corrected chi connectivity index (χ3v) is 6.10. The number of nitrogens with zero attached hydrogens (tertiary/aromatic N) is 4. The van der Waals surface area contributed by atoms with Crippen LogP contribution in [0.25, 0.3) is 11.6 Å². The van der Waals surface area contributed by atoms with Crippen LogP contribution in [0.5, 0.6) is 11.5 Å². The van der Waals surface area contributed by atoms with Crippen LogP contribution in [-0.2, 0) is 4.84 Å². The van der Waals surface area contributed by atoms with E-state index in [1.165, 1.54) is 0 Å². The summed E-state index contributed by atoms with van der Waals surface area (Å²) in [5.41, 5.74) is 1.31. The number of thiophene rings is 1. The van der Waals surface area contributed by atoms with Crippen molar-refractivity contribution in [3.8, 4) is 17.6 Å². The van der Waals surface area contributed by atoms with Gasteiger partial charge in [0.05, 0.1) is 30.9 Å². The zero-order valence-electron chi connectivity index (χ0n) is 17.4. The molecule has 1 aliphatic heterocycles. The van der Waals surface area contributed by atoms with Crippen molar-refractivity contribution in [3.05, 3.63) is 50.9 Å². The SMILES string of the molecule is COc1ccc(/C(C#N)=C/c2ccc(N3CCN(CCO[N+](=O)[O-])CC3)s2)cc1OC. The van der Waals surface area contributed by atoms with Crippen molar-refractivity contribution in [2.45, 2.75) is 0 Å². The number of nitriles is 1. The predicted molar refractivity (Wildman–Crippen MR) is 119 cm³/mol. The van der Waals surface area contributed by atoms with Crippen molar-refractivity contribution in [1.82, 2.24) is 4.90 Å². The van der Waals surface area contributed by atoms with Gasteiger partial charge >= 0.3 is 0 Å². The van der Waals surface area contributed by atoms with Gasteiger partial charge in [0.1, 0.15) is 6.61 Å². The molecule has 9 nitrogen and oxygen atoms in total. The second-order valence-electron chi connectivity index (χ2n) is 6.80. The minimum Gasteiger partial charge on any atom is -0.493 e. The van der Waals surface area contributed by atoms with Gasteiger partial charge in [-0.15, -0.1) is 21.5 Å². The van der Waals surface area contributed by atoms with Crippen molar-refractivity contribution in [3.63, 3.8) is 0 Å². The molecule has 1 aromatic carbocycles. The maximum absolute atomic E-state index is 10.3. The summed E-state index contributed by atoms with van der Waals surface area (Å²) in [6, 6.07) is 11.8. The van der Waals surface area contributed by atoms with E-state index >= 15 is 0 Å². The van der Waals surface area contributed by atoms with Crippen molar-refractivity contribution < 1.29 is 19.4 Å². The molecule has 2 aromatic rings. The van der Waals surface area contributed by atoms with Gasteiger partial charge in [0.2, 0.25) is 0 Å². The molecular weight excluding hydrogens is 420 g/mol. The fraction of sp³-hybridized carbons (Fsp3) is 0.381. The Labute approximate surface area is 184 Å². The van der Waals surface area contributed by atoms with Gasteiger partial charge in [0.25, 0.3) is 5.09 Å². The summed E-state index contributed by atoms with van der Waals surface area (Å²) in [6.07, 6.45) is 1.88. The highest BCUT2D eigenvalue weighted by atomic mass is 32.1. The molecule has 164 valence electrons. The van der Waals surface area contributed by atoms with Gasteiger partial charge in [-0.2, -0.15) is 5.26 Å². The largest absolute Gasteiger partial charge is 0.493 e. The number of piperazine rings is 1. The van der Waals surface area contributed by atoms with E-state index < -0.39 is 5.09 Å². The highest BCUT2D eigenvalue weighted by Crippen LogP contribution is 2.33.